The molecule has 2 rings (SSSR count). The first-order valence-corrected chi connectivity index (χ1v) is 8.92. The smallest absolute Gasteiger partial charge is 0.317 e. The average molecular weight is 334 g/mol. The lowest BCUT2D eigenvalue weighted by atomic mass is 9.94. The number of amides is 2. The van der Waals surface area contributed by atoms with Crippen LogP contribution in [-0.2, 0) is 6.54 Å². The second kappa shape index (κ2) is 9.59. The third-order valence-corrected chi connectivity index (χ3v) is 4.56. The molecule has 0 saturated carbocycles. The van der Waals surface area contributed by atoms with E-state index in [4.69, 9.17) is 5.11 Å². The van der Waals surface area contributed by atoms with Gasteiger partial charge in [0.1, 0.15) is 0 Å². The van der Waals surface area contributed by atoms with Gasteiger partial charge in [0.25, 0.3) is 0 Å². The van der Waals surface area contributed by atoms with Gasteiger partial charge in [-0.15, -0.1) is 0 Å². The largest absolute Gasteiger partial charge is 0.395 e. The number of urea groups is 1. The molecule has 6 nitrogen and oxygen atoms in total. The van der Waals surface area contributed by atoms with Crippen LogP contribution in [0.1, 0.15) is 32.4 Å². The monoisotopic (exact) mass is 334 g/mol. The molecule has 1 aromatic heterocycles. The summed E-state index contributed by atoms with van der Waals surface area (Å²) in [6.07, 6.45) is 3.67. The van der Waals surface area contributed by atoms with E-state index in [1.807, 2.05) is 25.3 Å². The van der Waals surface area contributed by atoms with E-state index in [9.17, 15) is 4.79 Å². The lowest BCUT2D eigenvalue weighted by Crippen LogP contribution is -2.53. The fourth-order valence-corrected chi connectivity index (χ4v) is 3.27. The first-order chi connectivity index (χ1) is 11.6. The molecule has 2 heterocycles. The number of likely N-dealkylation sites (tertiary alicyclic amines) is 1. The Kier molecular flexibility index (Phi) is 7.46. The second-order valence-electron chi connectivity index (χ2n) is 6.59. The number of rotatable bonds is 7. The number of aliphatic hydroxyl groups is 1. The Morgan fingerprint density at radius 3 is 2.92 bits per heavy atom. The highest BCUT2D eigenvalue weighted by Crippen LogP contribution is 2.18. The third kappa shape index (κ3) is 5.46. The van der Waals surface area contributed by atoms with Crippen molar-refractivity contribution in [2.24, 2.45) is 5.92 Å². The van der Waals surface area contributed by atoms with Crippen LogP contribution in [0.15, 0.2) is 24.4 Å². The highest BCUT2D eigenvalue weighted by atomic mass is 16.3. The summed E-state index contributed by atoms with van der Waals surface area (Å²) in [5, 5.41) is 12.3. The number of piperidine rings is 1. The molecule has 1 aromatic rings. The lowest BCUT2D eigenvalue weighted by molar-refractivity contribution is 0.129. The fourth-order valence-electron chi connectivity index (χ4n) is 3.27. The number of aliphatic hydroxyl groups excluding tert-OH is 1. The SMILES string of the molecule is CCCN(CCO)C(=O)NC1CCN(Cc2ccccn2)CC1C. The van der Waals surface area contributed by atoms with Gasteiger partial charge in [-0.2, -0.15) is 0 Å². The summed E-state index contributed by atoms with van der Waals surface area (Å²) in [5.74, 6) is 0.393. The Morgan fingerprint density at radius 2 is 2.29 bits per heavy atom. The number of hydrogen-bond donors (Lipinski definition) is 2. The van der Waals surface area contributed by atoms with Crippen LogP contribution in [0.4, 0.5) is 4.79 Å². The molecule has 2 unspecified atom stereocenters. The minimum atomic E-state index is -0.0547. The van der Waals surface area contributed by atoms with Gasteiger partial charge in [0.2, 0.25) is 0 Å². The van der Waals surface area contributed by atoms with Crippen molar-refractivity contribution >= 4 is 6.03 Å². The first kappa shape index (κ1) is 18.7. The summed E-state index contributed by atoms with van der Waals surface area (Å²) in [5.41, 5.74) is 1.09. The highest BCUT2D eigenvalue weighted by Gasteiger charge is 2.28. The van der Waals surface area contributed by atoms with Gasteiger partial charge in [-0.25, -0.2) is 4.79 Å². The molecule has 1 saturated heterocycles. The Hall–Kier alpha value is -1.66. The molecule has 0 radical (unpaired) electrons. The van der Waals surface area contributed by atoms with Crippen LogP contribution >= 0.6 is 0 Å². The summed E-state index contributed by atoms with van der Waals surface area (Å²) >= 11 is 0. The van der Waals surface area contributed by atoms with E-state index in [-0.39, 0.29) is 18.7 Å². The Labute approximate surface area is 144 Å². The number of carbonyl (C=O) groups is 1. The van der Waals surface area contributed by atoms with Gasteiger partial charge in [-0.1, -0.05) is 19.9 Å². The fraction of sp³-hybridized carbons (Fsp3) is 0.667. The van der Waals surface area contributed by atoms with E-state index < -0.39 is 0 Å². The summed E-state index contributed by atoms with van der Waals surface area (Å²) < 4.78 is 0. The number of aromatic nitrogens is 1. The van der Waals surface area contributed by atoms with Crippen LogP contribution in [-0.4, -0.2) is 64.7 Å². The van der Waals surface area contributed by atoms with Gasteiger partial charge in [0.15, 0.2) is 0 Å². The van der Waals surface area contributed by atoms with Crippen LogP contribution in [0, 0.1) is 5.92 Å². The van der Waals surface area contributed by atoms with E-state index in [2.05, 4.69) is 28.2 Å². The van der Waals surface area contributed by atoms with Crippen molar-refractivity contribution < 1.29 is 9.90 Å². The lowest BCUT2D eigenvalue weighted by Gasteiger charge is -2.38. The van der Waals surface area contributed by atoms with Gasteiger partial charge in [0, 0.05) is 45.0 Å². The number of hydrogen-bond acceptors (Lipinski definition) is 4. The molecule has 1 aliphatic rings. The van der Waals surface area contributed by atoms with E-state index >= 15 is 0 Å². The van der Waals surface area contributed by atoms with Crippen molar-refractivity contribution in [3.63, 3.8) is 0 Å². The molecule has 0 spiro atoms. The zero-order chi connectivity index (χ0) is 17.4. The standard InChI is InChI=1S/C18H30N4O2/c1-3-9-22(11-12-23)18(24)20-17-7-10-21(13-15(17)2)14-16-6-4-5-8-19-16/h4-6,8,15,17,23H,3,7,9-14H2,1-2H3,(H,20,24). The van der Waals surface area contributed by atoms with Gasteiger partial charge < -0.3 is 15.3 Å². The molecule has 0 aliphatic carbocycles. The zero-order valence-electron chi connectivity index (χ0n) is 14.8. The first-order valence-electron chi connectivity index (χ1n) is 8.92. The summed E-state index contributed by atoms with van der Waals surface area (Å²) in [6.45, 7) is 8.08. The topological polar surface area (TPSA) is 68.7 Å². The van der Waals surface area contributed by atoms with Crippen molar-refractivity contribution in [2.75, 3.05) is 32.8 Å². The summed E-state index contributed by atoms with van der Waals surface area (Å²) in [6, 6.07) is 6.14. The minimum Gasteiger partial charge on any atom is -0.395 e. The van der Waals surface area contributed by atoms with E-state index in [0.717, 1.165) is 38.2 Å². The van der Waals surface area contributed by atoms with E-state index in [1.54, 1.807) is 4.90 Å². The molecule has 1 aliphatic heterocycles. The molecular formula is C18H30N4O2. The van der Waals surface area contributed by atoms with Crippen molar-refractivity contribution in [1.82, 2.24) is 20.1 Å². The molecule has 0 bridgehead atoms. The molecule has 1 fully saturated rings. The summed E-state index contributed by atoms with van der Waals surface area (Å²) in [7, 11) is 0. The highest BCUT2D eigenvalue weighted by molar-refractivity contribution is 5.74. The maximum absolute atomic E-state index is 12.4. The van der Waals surface area contributed by atoms with Crippen LogP contribution < -0.4 is 5.32 Å². The van der Waals surface area contributed by atoms with Crippen molar-refractivity contribution in [3.8, 4) is 0 Å². The minimum absolute atomic E-state index is 0.00545. The van der Waals surface area contributed by atoms with Crippen LogP contribution in [0.3, 0.4) is 0 Å². The van der Waals surface area contributed by atoms with Crippen molar-refractivity contribution in [1.29, 1.82) is 0 Å². The molecule has 2 amide bonds. The van der Waals surface area contributed by atoms with Gasteiger partial charge in [0.05, 0.1) is 12.3 Å². The maximum Gasteiger partial charge on any atom is 0.317 e. The van der Waals surface area contributed by atoms with E-state index in [1.165, 1.54) is 0 Å². The number of nitrogens with zero attached hydrogens (tertiary/aromatic N) is 3. The normalized spacial score (nSPS) is 21.5. The molecule has 6 heteroatoms. The zero-order valence-corrected chi connectivity index (χ0v) is 14.8. The predicted octanol–water partition coefficient (Wildman–Crippen LogP) is 1.71. The molecular weight excluding hydrogens is 304 g/mol. The molecule has 134 valence electrons. The average Bonchev–Trinajstić information content (AvgIpc) is 2.58. The number of nitrogens with one attached hydrogen (secondary N) is 1. The van der Waals surface area contributed by atoms with Crippen LogP contribution in [0.5, 0.6) is 0 Å². The van der Waals surface area contributed by atoms with Crippen LogP contribution in [0.2, 0.25) is 0 Å². The Balaban J connectivity index is 1.83. The quantitative estimate of drug-likeness (QED) is 0.796. The van der Waals surface area contributed by atoms with Gasteiger partial charge >= 0.3 is 6.03 Å². The molecule has 0 aromatic carbocycles. The number of pyridine rings is 1. The Morgan fingerprint density at radius 1 is 1.46 bits per heavy atom. The molecule has 2 N–H and O–H groups in total. The second-order valence-corrected chi connectivity index (χ2v) is 6.59. The van der Waals surface area contributed by atoms with Gasteiger partial charge in [-0.3, -0.25) is 9.88 Å². The van der Waals surface area contributed by atoms with Crippen molar-refractivity contribution in [2.45, 2.75) is 39.3 Å². The predicted molar refractivity (Wildman–Crippen MR) is 94.6 cm³/mol. The molecule has 2 atom stereocenters. The number of carbonyl (C=O) groups excluding carboxylic acids is 1. The molecule has 24 heavy (non-hydrogen) atoms. The van der Waals surface area contributed by atoms with E-state index in [0.29, 0.717) is 19.0 Å². The summed E-state index contributed by atoms with van der Waals surface area (Å²) in [4.78, 5) is 20.9. The third-order valence-electron chi connectivity index (χ3n) is 4.56. The Bertz CT molecular complexity index is 491. The van der Waals surface area contributed by atoms with Crippen LogP contribution in [0.25, 0.3) is 0 Å². The van der Waals surface area contributed by atoms with Crippen molar-refractivity contribution in [3.05, 3.63) is 30.1 Å². The maximum atomic E-state index is 12.4. The van der Waals surface area contributed by atoms with Gasteiger partial charge in [-0.05, 0) is 30.9 Å².